The molecule has 0 fully saturated rings. The van der Waals surface area contributed by atoms with Gasteiger partial charge in [-0.05, 0) is 18.2 Å². The fourth-order valence-electron chi connectivity index (χ4n) is 1.09. The summed E-state index contributed by atoms with van der Waals surface area (Å²) in [7, 11) is 0. The second kappa shape index (κ2) is 3.37. The van der Waals surface area contributed by atoms with E-state index in [-0.39, 0.29) is 6.61 Å². The molecular weight excluding hydrogens is 166 g/mol. The van der Waals surface area contributed by atoms with Crippen LogP contribution in [0.5, 0.6) is 0 Å². The van der Waals surface area contributed by atoms with Crippen molar-refractivity contribution >= 4 is 0 Å². The van der Waals surface area contributed by atoms with Crippen LogP contribution in [0.1, 0.15) is 5.69 Å². The van der Waals surface area contributed by atoms with E-state index in [1.807, 2.05) is 24.4 Å². The topological polar surface area (TPSA) is 50.9 Å². The molecule has 13 heavy (non-hydrogen) atoms. The molecule has 0 aliphatic heterocycles. The first-order valence-corrected chi connectivity index (χ1v) is 3.97. The fraction of sp³-hybridized carbons (Fsp3) is 0.111. The van der Waals surface area contributed by atoms with E-state index in [1.54, 1.807) is 16.9 Å². The van der Waals surface area contributed by atoms with Gasteiger partial charge in [0.05, 0.1) is 12.3 Å². The SMILES string of the molecule is OCc1cccc(-n2cccn2)n1. The van der Waals surface area contributed by atoms with Gasteiger partial charge < -0.3 is 5.11 Å². The van der Waals surface area contributed by atoms with Crippen LogP contribution < -0.4 is 0 Å². The molecule has 2 heterocycles. The van der Waals surface area contributed by atoms with Gasteiger partial charge in [0.15, 0.2) is 5.82 Å². The summed E-state index contributed by atoms with van der Waals surface area (Å²) >= 11 is 0. The quantitative estimate of drug-likeness (QED) is 0.733. The molecule has 66 valence electrons. The van der Waals surface area contributed by atoms with Crippen molar-refractivity contribution in [2.24, 2.45) is 0 Å². The highest BCUT2D eigenvalue weighted by Gasteiger charge is 1.97. The first-order chi connectivity index (χ1) is 6.40. The molecule has 0 amide bonds. The number of aromatic nitrogens is 3. The molecule has 0 atom stereocenters. The molecule has 0 aliphatic carbocycles. The average molecular weight is 175 g/mol. The summed E-state index contributed by atoms with van der Waals surface area (Å²) in [5.41, 5.74) is 0.646. The van der Waals surface area contributed by atoms with Crippen LogP contribution in [0.25, 0.3) is 5.82 Å². The molecule has 0 aromatic carbocycles. The summed E-state index contributed by atoms with van der Waals surface area (Å²) in [4.78, 5) is 4.18. The van der Waals surface area contributed by atoms with Gasteiger partial charge in [-0.2, -0.15) is 5.10 Å². The highest BCUT2D eigenvalue weighted by atomic mass is 16.3. The van der Waals surface area contributed by atoms with Gasteiger partial charge in [0, 0.05) is 12.4 Å². The molecule has 4 nitrogen and oxygen atoms in total. The lowest BCUT2D eigenvalue weighted by atomic mass is 10.3. The molecule has 1 N–H and O–H groups in total. The summed E-state index contributed by atoms with van der Waals surface area (Å²) in [5, 5.41) is 12.9. The minimum Gasteiger partial charge on any atom is -0.390 e. The molecule has 0 radical (unpaired) electrons. The van der Waals surface area contributed by atoms with Crippen LogP contribution >= 0.6 is 0 Å². The molecular formula is C9H9N3O. The largest absolute Gasteiger partial charge is 0.390 e. The summed E-state index contributed by atoms with van der Waals surface area (Å²) in [6, 6.07) is 7.28. The van der Waals surface area contributed by atoms with E-state index < -0.39 is 0 Å². The van der Waals surface area contributed by atoms with E-state index >= 15 is 0 Å². The molecule has 0 aliphatic rings. The average Bonchev–Trinajstić information content (AvgIpc) is 2.71. The summed E-state index contributed by atoms with van der Waals surface area (Å²) in [5.74, 6) is 0.719. The van der Waals surface area contributed by atoms with Crippen LogP contribution in [0.15, 0.2) is 36.7 Å². The zero-order chi connectivity index (χ0) is 9.10. The summed E-state index contributed by atoms with van der Waals surface area (Å²) < 4.78 is 1.65. The number of aliphatic hydroxyl groups excluding tert-OH is 1. The van der Waals surface area contributed by atoms with Crippen molar-refractivity contribution in [1.29, 1.82) is 0 Å². The maximum atomic E-state index is 8.87. The molecule has 0 saturated heterocycles. The first-order valence-electron chi connectivity index (χ1n) is 3.97. The lowest BCUT2D eigenvalue weighted by Crippen LogP contribution is -2.00. The van der Waals surface area contributed by atoms with Crippen molar-refractivity contribution in [1.82, 2.24) is 14.8 Å². The van der Waals surface area contributed by atoms with Crippen LogP contribution in [0.4, 0.5) is 0 Å². The Morgan fingerprint density at radius 1 is 1.31 bits per heavy atom. The Bertz CT molecular complexity index is 384. The third kappa shape index (κ3) is 1.57. The van der Waals surface area contributed by atoms with Crippen molar-refractivity contribution in [3.8, 4) is 5.82 Å². The van der Waals surface area contributed by atoms with Crippen molar-refractivity contribution < 1.29 is 5.11 Å². The third-order valence-corrected chi connectivity index (χ3v) is 1.69. The van der Waals surface area contributed by atoms with Crippen molar-refractivity contribution in [2.75, 3.05) is 0 Å². The number of nitrogens with zero attached hydrogens (tertiary/aromatic N) is 3. The van der Waals surface area contributed by atoms with Gasteiger partial charge >= 0.3 is 0 Å². The van der Waals surface area contributed by atoms with E-state index in [2.05, 4.69) is 10.1 Å². The van der Waals surface area contributed by atoms with Gasteiger partial charge in [0.25, 0.3) is 0 Å². The fourth-order valence-corrected chi connectivity index (χ4v) is 1.09. The van der Waals surface area contributed by atoms with Gasteiger partial charge in [-0.3, -0.25) is 0 Å². The molecule has 0 bridgehead atoms. The molecule has 0 saturated carbocycles. The highest BCUT2D eigenvalue weighted by molar-refractivity contribution is 5.23. The van der Waals surface area contributed by atoms with E-state index in [0.717, 1.165) is 5.82 Å². The van der Waals surface area contributed by atoms with Gasteiger partial charge in [-0.1, -0.05) is 6.07 Å². The van der Waals surface area contributed by atoms with Crippen molar-refractivity contribution in [3.05, 3.63) is 42.4 Å². The minimum absolute atomic E-state index is 0.0465. The van der Waals surface area contributed by atoms with Crippen LogP contribution in [0.2, 0.25) is 0 Å². The minimum atomic E-state index is -0.0465. The summed E-state index contributed by atoms with van der Waals surface area (Å²) in [6.45, 7) is -0.0465. The predicted molar refractivity (Wildman–Crippen MR) is 47.3 cm³/mol. The Morgan fingerprint density at radius 2 is 2.23 bits per heavy atom. The lowest BCUT2D eigenvalue weighted by molar-refractivity contribution is 0.276. The van der Waals surface area contributed by atoms with Crippen molar-refractivity contribution in [2.45, 2.75) is 6.61 Å². The Morgan fingerprint density at radius 3 is 2.92 bits per heavy atom. The number of hydrogen-bond donors (Lipinski definition) is 1. The summed E-state index contributed by atoms with van der Waals surface area (Å²) in [6.07, 6.45) is 3.50. The molecule has 4 heteroatoms. The molecule has 0 unspecified atom stereocenters. The van der Waals surface area contributed by atoms with E-state index in [4.69, 9.17) is 5.11 Å². The molecule has 2 aromatic heterocycles. The standard InChI is InChI=1S/C9H9N3O/c13-7-8-3-1-4-9(11-8)12-6-2-5-10-12/h1-6,13H,7H2. The van der Waals surface area contributed by atoms with Crippen molar-refractivity contribution in [3.63, 3.8) is 0 Å². The lowest BCUT2D eigenvalue weighted by Gasteiger charge is -2.01. The highest BCUT2D eigenvalue weighted by Crippen LogP contribution is 2.03. The smallest absolute Gasteiger partial charge is 0.153 e. The first kappa shape index (κ1) is 7.94. The molecule has 0 spiro atoms. The second-order valence-corrected chi connectivity index (χ2v) is 2.60. The third-order valence-electron chi connectivity index (χ3n) is 1.69. The monoisotopic (exact) mass is 175 g/mol. The Hall–Kier alpha value is -1.68. The predicted octanol–water partition coefficient (Wildman–Crippen LogP) is 0.760. The van der Waals surface area contributed by atoms with Gasteiger partial charge in [0.2, 0.25) is 0 Å². The number of pyridine rings is 1. The molecule has 2 aromatic rings. The van der Waals surface area contributed by atoms with Crippen LogP contribution in [0, 0.1) is 0 Å². The van der Waals surface area contributed by atoms with Gasteiger partial charge in [0.1, 0.15) is 0 Å². The maximum Gasteiger partial charge on any atom is 0.153 e. The van der Waals surface area contributed by atoms with Gasteiger partial charge in [-0.25, -0.2) is 9.67 Å². The van der Waals surface area contributed by atoms with Gasteiger partial charge in [-0.15, -0.1) is 0 Å². The van der Waals surface area contributed by atoms with Crippen LogP contribution in [0.3, 0.4) is 0 Å². The van der Waals surface area contributed by atoms with E-state index in [0.29, 0.717) is 5.69 Å². The number of aliphatic hydroxyl groups is 1. The zero-order valence-corrected chi connectivity index (χ0v) is 6.96. The Kier molecular flexibility index (Phi) is 2.06. The van der Waals surface area contributed by atoms with E-state index in [9.17, 15) is 0 Å². The Labute approximate surface area is 75.5 Å². The van der Waals surface area contributed by atoms with Crippen LogP contribution in [-0.4, -0.2) is 19.9 Å². The van der Waals surface area contributed by atoms with Crippen LogP contribution in [-0.2, 0) is 6.61 Å². The number of hydrogen-bond acceptors (Lipinski definition) is 3. The maximum absolute atomic E-state index is 8.87. The number of rotatable bonds is 2. The normalized spacial score (nSPS) is 10.2. The zero-order valence-electron chi connectivity index (χ0n) is 6.96. The Balaban J connectivity index is 2.41. The van der Waals surface area contributed by atoms with E-state index in [1.165, 1.54) is 0 Å². The second-order valence-electron chi connectivity index (χ2n) is 2.60. The molecule has 2 rings (SSSR count).